The molecule has 1 heterocycles. The molecule has 0 unspecified atom stereocenters. The summed E-state index contributed by atoms with van der Waals surface area (Å²) >= 11 is 0. The van der Waals surface area contributed by atoms with Crippen LogP contribution in [0.4, 0.5) is 0 Å². The number of Topliss-reactive ketones (excluding diaryl/α,β-unsaturated/α-hetero) is 1. The van der Waals surface area contributed by atoms with Crippen molar-refractivity contribution < 1.29 is 39.5 Å². The monoisotopic (exact) mass is 425 g/mol. The van der Waals surface area contributed by atoms with Crippen molar-refractivity contribution in [3.63, 3.8) is 0 Å². The lowest BCUT2D eigenvalue weighted by Crippen LogP contribution is -2.69. The summed E-state index contributed by atoms with van der Waals surface area (Å²) in [5.41, 5.74) is -1.78. The molecule has 5 N–H and O–H groups in total. The number of ketones is 1. The first-order valence-corrected chi connectivity index (χ1v) is 10.7. The van der Waals surface area contributed by atoms with E-state index in [-0.39, 0.29) is 12.8 Å². The van der Waals surface area contributed by atoms with Gasteiger partial charge in [0.2, 0.25) is 5.91 Å². The van der Waals surface area contributed by atoms with Crippen LogP contribution >= 0.6 is 0 Å². The van der Waals surface area contributed by atoms with Crippen molar-refractivity contribution in [2.24, 2.45) is 5.92 Å². The maximum atomic E-state index is 12.4. The highest BCUT2D eigenvalue weighted by Crippen LogP contribution is 2.50. The molecule has 30 heavy (non-hydrogen) atoms. The number of epoxide rings is 1. The number of amides is 1. The Bertz CT molecular complexity index is 694. The van der Waals surface area contributed by atoms with Crippen LogP contribution in [0, 0.1) is 5.92 Å². The largest absolute Gasteiger partial charge is 0.481 e. The third kappa shape index (κ3) is 4.91. The third-order valence-corrected chi connectivity index (χ3v) is 6.35. The Labute approximate surface area is 175 Å². The Balaban J connectivity index is 1.36. The number of unbranched alkanes of at least 4 members (excludes halogenated alkanes) is 6. The number of nitrogens with one attached hydrogen (secondary N) is 1. The lowest BCUT2D eigenvalue weighted by Gasteiger charge is -2.46. The summed E-state index contributed by atoms with van der Waals surface area (Å²) in [5, 5.41) is 42.5. The second kappa shape index (κ2) is 9.55. The fourth-order valence-corrected chi connectivity index (χ4v) is 4.64. The number of hydrogen-bond donors (Lipinski definition) is 5. The Morgan fingerprint density at radius 3 is 2.47 bits per heavy atom. The molecule has 1 amide bonds. The molecule has 0 aromatic carbocycles. The summed E-state index contributed by atoms with van der Waals surface area (Å²) in [6.07, 6.45) is 5.58. The standard InChI is InChI=1S/C21H31NO8/c23-13(9-7-5-3-1-2-4-6-8-10-14(24)25)22-12-11-21(29)19(28)15(16(12)26)17(27)18-20(21)30-18/h7,9,12,15-18,20,26-27,29H,1-6,8,10-11H2,(H,22,23)(H,24,25)/b9-7+/t12-,15-,16-,17-,18-,20+,21+/m0/s1. The smallest absolute Gasteiger partial charge is 0.303 e. The highest BCUT2D eigenvalue weighted by molar-refractivity contribution is 5.95. The van der Waals surface area contributed by atoms with Crippen LogP contribution in [-0.2, 0) is 19.1 Å². The number of carbonyl (C=O) groups is 3. The molecule has 0 aromatic rings. The van der Waals surface area contributed by atoms with E-state index in [0.717, 1.165) is 38.5 Å². The topological polar surface area (TPSA) is 157 Å². The molecule has 3 aliphatic rings. The first-order valence-electron chi connectivity index (χ1n) is 10.7. The second-order valence-corrected chi connectivity index (χ2v) is 8.59. The normalized spacial score (nSPS) is 37.1. The Hall–Kier alpha value is -1.81. The maximum absolute atomic E-state index is 12.4. The van der Waals surface area contributed by atoms with Crippen molar-refractivity contribution in [2.45, 2.75) is 93.8 Å². The van der Waals surface area contributed by atoms with E-state index in [1.165, 1.54) is 6.08 Å². The van der Waals surface area contributed by atoms with Crippen LogP contribution in [0.3, 0.4) is 0 Å². The van der Waals surface area contributed by atoms with E-state index >= 15 is 0 Å². The molecule has 1 saturated heterocycles. The molecular weight excluding hydrogens is 394 g/mol. The number of aliphatic hydroxyl groups is 3. The number of carboxylic acid groups (broad SMARTS) is 1. The van der Waals surface area contributed by atoms with Gasteiger partial charge in [0, 0.05) is 12.8 Å². The molecule has 2 aliphatic carbocycles. The number of fused-ring (bicyclic) bond motifs is 4. The molecule has 9 nitrogen and oxygen atoms in total. The van der Waals surface area contributed by atoms with Gasteiger partial charge in [-0.25, -0.2) is 0 Å². The van der Waals surface area contributed by atoms with Gasteiger partial charge in [0.1, 0.15) is 12.2 Å². The van der Waals surface area contributed by atoms with Crippen LogP contribution < -0.4 is 5.32 Å². The lowest BCUT2D eigenvalue weighted by atomic mass is 9.64. The van der Waals surface area contributed by atoms with Gasteiger partial charge in [-0.15, -0.1) is 0 Å². The van der Waals surface area contributed by atoms with Crippen molar-refractivity contribution in [3.8, 4) is 0 Å². The first-order chi connectivity index (χ1) is 14.3. The third-order valence-electron chi connectivity index (χ3n) is 6.35. The molecule has 2 saturated carbocycles. The number of carboxylic acids is 1. The van der Waals surface area contributed by atoms with Crippen molar-refractivity contribution in [1.82, 2.24) is 5.32 Å². The van der Waals surface area contributed by atoms with E-state index in [1.54, 1.807) is 6.08 Å². The van der Waals surface area contributed by atoms with E-state index in [1.807, 2.05) is 0 Å². The maximum Gasteiger partial charge on any atom is 0.303 e. The van der Waals surface area contributed by atoms with Gasteiger partial charge in [-0.05, 0) is 25.3 Å². The van der Waals surface area contributed by atoms with E-state index in [4.69, 9.17) is 9.84 Å². The molecule has 7 atom stereocenters. The number of allylic oxidation sites excluding steroid dienone is 1. The zero-order valence-corrected chi connectivity index (χ0v) is 16.9. The van der Waals surface area contributed by atoms with Crippen LogP contribution in [0.25, 0.3) is 0 Å². The minimum absolute atomic E-state index is 0.140. The zero-order valence-electron chi connectivity index (χ0n) is 16.9. The summed E-state index contributed by atoms with van der Waals surface area (Å²) in [6, 6.07) is -0.847. The van der Waals surface area contributed by atoms with Crippen LogP contribution in [0.1, 0.15) is 57.8 Å². The van der Waals surface area contributed by atoms with Crippen LogP contribution in [-0.4, -0.2) is 74.1 Å². The summed E-state index contributed by atoms with van der Waals surface area (Å²) < 4.78 is 5.24. The molecule has 3 fully saturated rings. The number of ether oxygens (including phenoxy) is 1. The van der Waals surface area contributed by atoms with E-state index in [9.17, 15) is 29.7 Å². The number of rotatable bonds is 11. The van der Waals surface area contributed by atoms with Gasteiger partial charge in [0.25, 0.3) is 0 Å². The molecule has 0 spiro atoms. The minimum Gasteiger partial charge on any atom is -0.481 e. The van der Waals surface area contributed by atoms with Gasteiger partial charge in [0.15, 0.2) is 11.4 Å². The van der Waals surface area contributed by atoms with Crippen LogP contribution in [0.5, 0.6) is 0 Å². The zero-order chi connectivity index (χ0) is 21.9. The SMILES string of the molecule is O=C(O)CCCCCCCC/C=C/C(=O)N[C@H]1C[C@@]2(O)C(=O)[C@H]([C@H](O)[C@@H]3O[C@H]32)[C@H]1O. The number of aliphatic hydroxyl groups excluding tert-OH is 2. The van der Waals surface area contributed by atoms with Crippen LogP contribution in [0.15, 0.2) is 12.2 Å². The van der Waals surface area contributed by atoms with E-state index < -0.39 is 59.6 Å². The predicted molar refractivity (Wildman–Crippen MR) is 104 cm³/mol. The Kier molecular flexibility index (Phi) is 7.28. The average Bonchev–Trinajstić information content (AvgIpc) is 3.48. The number of hydrogen-bond acceptors (Lipinski definition) is 7. The Morgan fingerprint density at radius 2 is 1.77 bits per heavy atom. The average molecular weight is 425 g/mol. The Morgan fingerprint density at radius 1 is 1.10 bits per heavy atom. The lowest BCUT2D eigenvalue weighted by molar-refractivity contribution is -0.171. The second-order valence-electron chi connectivity index (χ2n) is 8.59. The van der Waals surface area contributed by atoms with Gasteiger partial charge in [-0.2, -0.15) is 0 Å². The van der Waals surface area contributed by atoms with Gasteiger partial charge in [-0.1, -0.05) is 31.8 Å². The van der Waals surface area contributed by atoms with Crippen LogP contribution in [0.2, 0.25) is 0 Å². The van der Waals surface area contributed by atoms with E-state index in [2.05, 4.69) is 5.32 Å². The molecule has 0 radical (unpaired) electrons. The van der Waals surface area contributed by atoms with Gasteiger partial charge < -0.3 is 30.5 Å². The number of carbonyl (C=O) groups excluding carboxylic acids is 2. The summed E-state index contributed by atoms with van der Waals surface area (Å²) in [7, 11) is 0. The quantitative estimate of drug-likeness (QED) is 0.177. The molecular formula is C21H31NO8. The van der Waals surface area contributed by atoms with Crippen molar-refractivity contribution in [2.75, 3.05) is 0 Å². The highest BCUT2D eigenvalue weighted by atomic mass is 16.6. The van der Waals surface area contributed by atoms with E-state index in [0.29, 0.717) is 6.42 Å². The summed E-state index contributed by atoms with van der Waals surface area (Å²) in [6.45, 7) is 0. The summed E-state index contributed by atoms with van der Waals surface area (Å²) in [4.78, 5) is 35.0. The van der Waals surface area contributed by atoms with Crippen molar-refractivity contribution >= 4 is 17.7 Å². The minimum atomic E-state index is -1.78. The summed E-state index contributed by atoms with van der Waals surface area (Å²) in [5.74, 6) is -2.97. The molecule has 0 aromatic heterocycles. The van der Waals surface area contributed by atoms with Crippen molar-refractivity contribution in [1.29, 1.82) is 0 Å². The molecule has 9 heteroatoms. The fourth-order valence-electron chi connectivity index (χ4n) is 4.64. The molecule has 2 bridgehead atoms. The fraction of sp³-hybridized carbons (Fsp3) is 0.762. The molecule has 3 rings (SSSR count). The van der Waals surface area contributed by atoms with Gasteiger partial charge in [-0.3, -0.25) is 14.4 Å². The van der Waals surface area contributed by atoms with Gasteiger partial charge in [0.05, 0.1) is 24.2 Å². The van der Waals surface area contributed by atoms with Gasteiger partial charge >= 0.3 is 5.97 Å². The number of aliphatic carboxylic acids is 1. The first kappa shape index (κ1) is 22.9. The highest BCUT2D eigenvalue weighted by Gasteiger charge is 2.72. The van der Waals surface area contributed by atoms with Crippen molar-refractivity contribution in [3.05, 3.63) is 12.2 Å². The predicted octanol–water partition coefficient (Wildman–Crippen LogP) is 0.0557. The molecule has 1 aliphatic heterocycles. The molecule has 168 valence electrons.